The minimum atomic E-state index is 0.0687. The third-order valence-corrected chi connectivity index (χ3v) is 6.31. The van der Waals surface area contributed by atoms with Gasteiger partial charge in [0.2, 0.25) is 5.91 Å². The molecule has 1 heterocycles. The maximum atomic E-state index is 12.4. The molecule has 0 saturated heterocycles. The minimum absolute atomic E-state index is 0.0687. The molecule has 1 aromatic heterocycles. The standard InChI is InChI=1S/C23H26N4OS/c1-16-9-8-10-17(2)21(16)27-22(18-11-4-3-5-12-18)25-26-23(27)29-15-20(28)24-19-13-6-7-14-19/h3-5,8-12,19H,6-7,13-15H2,1-2H3,(H,24,28). The Hall–Kier alpha value is -2.60. The van der Waals surface area contributed by atoms with Crippen molar-refractivity contribution in [2.45, 2.75) is 50.7 Å². The Morgan fingerprint density at radius 1 is 1.03 bits per heavy atom. The first-order chi connectivity index (χ1) is 14.1. The third kappa shape index (κ3) is 4.37. The highest BCUT2D eigenvalue weighted by Crippen LogP contribution is 2.31. The summed E-state index contributed by atoms with van der Waals surface area (Å²) in [7, 11) is 0. The van der Waals surface area contributed by atoms with Crippen molar-refractivity contribution in [1.82, 2.24) is 20.1 Å². The molecule has 4 rings (SSSR count). The van der Waals surface area contributed by atoms with E-state index in [1.807, 2.05) is 30.3 Å². The van der Waals surface area contributed by atoms with Crippen molar-refractivity contribution < 1.29 is 4.79 Å². The SMILES string of the molecule is Cc1cccc(C)c1-n1c(SCC(=O)NC2CCCC2)nnc1-c1ccccc1. The van der Waals surface area contributed by atoms with E-state index in [0.717, 1.165) is 46.2 Å². The van der Waals surface area contributed by atoms with E-state index in [0.29, 0.717) is 11.8 Å². The number of aryl methyl sites for hydroxylation is 2. The van der Waals surface area contributed by atoms with E-state index in [1.54, 1.807) is 0 Å². The molecule has 3 aromatic rings. The lowest BCUT2D eigenvalue weighted by Gasteiger charge is -2.16. The molecule has 1 fully saturated rings. The molecule has 1 aliphatic carbocycles. The minimum Gasteiger partial charge on any atom is -0.353 e. The highest BCUT2D eigenvalue weighted by Gasteiger charge is 2.21. The average molecular weight is 407 g/mol. The van der Waals surface area contributed by atoms with Gasteiger partial charge in [-0.15, -0.1) is 10.2 Å². The highest BCUT2D eigenvalue weighted by molar-refractivity contribution is 7.99. The van der Waals surface area contributed by atoms with Gasteiger partial charge < -0.3 is 5.32 Å². The van der Waals surface area contributed by atoms with E-state index in [4.69, 9.17) is 0 Å². The predicted octanol–water partition coefficient (Wildman–Crippen LogP) is 4.70. The normalized spacial score (nSPS) is 14.3. The highest BCUT2D eigenvalue weighted by atomic mass is 32.2. The lowest BCUT2D eigenvalue weighted by Crippen LogP contribution is -2.33. The van der Waals surface area contributed by atoms with Crippen LogP contribution in [0.15, 0.2) is 53.7 Å². The number of carbonyl (C=O) groups excluding carboxylic acids is 1. The number of nitrogens with one attached hydrogen (secondary N) is 1. The van der Waals surface area contributed by atoms with Gasteiger partial charge in [0.15, 0.2) is 11.0 Å². The molecule has 0 bridgehead atoms. The first kappa shape index (κ1) is 19.7. The van der Waals surface area contributed by atoms with Crippen LogP contribution in [0.4, 0.5) is 0 Å². The molecule has 0 spiro atoms. The molecule has 0 aliphatic heterocycles. The molecule has 1 aliphatic rings. The summed E-state index contributed by atoms with van der Waals surface area (Å²) >= 11 is 1.44. The van der Waals surface area contributed by atoms with Crippen LogP contribution in [0.3, 0.4) is 0 Å². The second-order valence-corrected chi connectivity index (χ2v) is 8.53. The summed E-state index contributed by atoms with van der Waals surface area (Å²) in [5.74, 6) is 1.20. The summed E-state index contributed by atoms with van der Waals surface area (Å²) in [6.07, 6.45) is 4.60. The number of nitrogens with zero attached hydrogens (tertiary/aromatic N) is 3. The number of para-hydroxylation sites is 1. The monoisotopic (exact) mass is 406 g/mol. The van der Waals surface area contributed by atoms with Crippen LogP contribution in [-0.2, 0) is 4.79 Å². The zero-order valence-electron chi connectivity index (χ0n) is 16.9. The first-order valence-electron chi connectivity index (χ1n) is 10.1. The van der Waals surface area contributed by atoms with Crippen LogP contribution >= 0.6 is 11.8 Å². The Morgan fingerprint density at radius 2 is 1.72 bits per heavy atom. The number of benzene rings is 2. The number of amides is 1. The molecular weight excluding hydrogens is 380 g/mol. The van der Waals surface area contributed by atoms with Crippen molar-refractivity contribution in [2.24, 2.45) is 0 Å². The van der Waals surface area contributed by atoms with Crippen LogP contribution in [-0.4, -0.2) is 32.5 Å². The van der Waals surface area contributed by atoms with Gasteiger partial charge in [-0.2, -0.15) is 0 Å². The van der Waals surface area contributed by atoms with Gasteiger partial charge in [-0.25, -0.2) is 0 Å². The zero-order chi connectivity index (χ0) is 20.2. The smallest absolute Gasteiger partial charge is 0.230 e. The van der Waals surface area contributed by atoms with Gasteiger partial charge in [-0.05, 0) is 37.8 Å². The van der Waals surface area contributed by atoms with E-state index in [2.05, 4.69) is 52.1 Å². The molecule has 29 heavy (non-hydrogen) atoms. The van der Waals surface area contributed by atoms with Crippen LogP contribution in [0.2, 0.25) is 0 Å². The van der Waals surface area contributed by atoms with Gasteiger partial charge in [-0.1, -0.05) is 73.1 Å². The largest absolute Gasteiger partial charge is 0.353 e. The molecule has 150 valence electrons. The quantitative estimate of drug-likeness (QED) is 0.603. The number of aromatic nitrogens is 3. The summed E-state index contributed by atoms with van der Waals surface area (Å²) in [4.78, 5) is 12.4. The van der Waals surface area contributed by atoms with Crippen molar-refractivity contribution >= 4 is 17.7 Å². The summed E-state index contributed by atoms with van der Waals surface area (Å²) < 4.78 is 2.09. The molecular formula is C23H26N4OS. The number of carbonyl (C=O) groups is 1. The van der Waals surface area contributed by atoms with Crippen molar-refractivity contribution in [3.05, 3.63) is 59.7 Å². The summed E-state index contributed by atoms with van der Waals surface area (Å²) in [6.45, 7) is 4.19. The fraction of sp³-hybridized carbons (Fsp3) is 0.348. The maximum Gasteiger partial charge on any atom is 0.230 e. The molecule has 6 heteroatoms. The van der Waals surface area contributed by atoms with Gasteiger partial charge in [0, 0.05) is 11.6 Å². The first-order valence-corrected chi connectivity index (χ1v) is 11.1. The van der Waals surface area contributed by atoms with Crippen LogP contribution in [0.1, 0.15) is 36.8 Å². The lowest BCUT2D eigenvalue weighted by atomic mass is 10.1. The van der Waals surface area contributed by atoms with E-state index in [1.165, 1.54) is 24.6 Å². The Kier molecular flexibility index (Phi) is 6.00. The average Bonchev–Trinajstić information content (AvgIpc) is 3.37. The van der Waals surface area contributed by atoms with Crippen LogP contribution < -0.4 is 5.32 Å². The zero-order valence-corrected chi connectivity index (χ0v) is 17.7. The fourth-order valence-electron chi connectivity index (χ4n) is 3.97. The van der Waals surface area contributed by atoms with E-state index < -0.39 is 0 Å². The molecule has 1 N–H and O–H groups in total. The molecule has 1 amide bonds. The van der Waals surface area contributed by atoms with Gasteiger partial charge in [0.05, 0.1) is 11.4 Å². The molecule has 0 radical (unpaired) electrons. The summed E-state index contributed by atoms with van der Waals surface area (Å²) in [5.41, 5.74) is 4.39. The summed E-state index contributed by atoms with van der Waals surface area (Å²) in [5, 5.41) is 12.8. The Balaban J connectivity index is 1.65. The molecule has 0 atom stereocenters. The number of rotatable bonds is 6. The Morgan fingerprint density at radius 3 is 2.41 bits per heavy atom. The Labute approximate surface area is 175 Å². The second-order valence-electron chi connectivity index (χ2n) is 7.59. The van der Waals surface area contributed by atoms with Gasteiger partial charge in [-0.3, -0.25) is 9.36 Å². The van der Waals surface area contributed by atoms with E-state index in [-0.39, 0.29) is 5.91 Å². The van der Waals surface area contributed by atoms with Gasteiger partial charge in [0.1, 0.15) is 0 Å². The Bertz CT molecular complexity index is 973. The lowest BCUT2D eigenvalue weighted by molar-refractivity contribution is -0.119. The fourth-order valence-corrected chi connectivity index (χ4v) is 4.72. The maximum absolute atomic E-state index is 12.4. The van der Waals surface area contributed by atoms with Crippen molar-refractivity contribution in [3.63, 3.8) is 0 Å². The van der Waals surface area contributed by atoms with Crippen LogP contribution in [0.5, 0.6) is 0 Å². The van der Waals surface area contributed by atoms with Crippen molar-refractivity contribution in [1.29, 1.82) is 0 Å². The van der Waals surface area contributed by atoms with Crippen LogP contribution in [0, 0.1) is 13.8 Å². The number of hydrogen-bond acceptors (Lipinski definition) is 4. The van der Waals surface area contributed by atoms with E-state index in [9.17, 15) is 4.79 Å². The molecule has 2 aromatic carbocycles. The molecule has 5 nitrogen and oxygen atoms in total. The molecule has 1 saturated carbocycles. The predicted molar refractivity (Wildman–Crippen MR) is 117 cm³/mol. The topological polar surface area (TPSA) is 59.8 Å². The van der Waals surface area contributed by atoms with Crippen molar-refractivity contribution in [2.75, 3.05) is 5.75 Å². The van der Waals surface area contributed by atoms with Gasteiger partial charge in [0.25, 0.3) is 0 Å². The van der Waals surface area contributed by atoms with Gasteiger partial charge >= 0.3 is 0 Å². The number of hydrogen-bond donors (Lipinski definition) is 1. The molecule has 0 unspecified atom stereocenters. The third-order valence-electron chi connectivity index (χ3n) is 5.38. The summed E-state index contributed by atoms with van der Waals surface area (Å²) in [6, 6.07) is 16.7. The van der Waals surface area contributed by atoms with E-state index >= 15 is 0 Å². The number of thioether (sulfide) groups is 1. The van der Waals surface area contributed by atoms with Crippen LogP contribution in [0.25, 0.3) is 17.1 Å². The second kappa shape index (κ2) is 8.82. The van der Waals surface area contributed by atoms with Crippen molar-refractivity contribution in [3.8, 4) is 17.1 Å².